The number of likely N-dealkylation sites (tertiary alicyclic amines) is 1. The summed E-state index contributed by atoms with van der Waals surface area (Å²) in [6.07, 6.45) is 4.85. The lowest BCUT2D eigenvalue weighted by Crippen LogP contribution is -2.65. The molecule has 1 aromatic rings. The topological polar surface area (TPSA) is 180 Å². The average Bonchev–Trinajstić information content (AvgIpc) is 3.75. The van der Waals surface area contributed by atoms with Crippen LogP contribution in [0.25, 0.3) is 0 Å². The molecule has 260 valence electrons. The van der Waals surface area contributed by atoms with Crippen LogP contribution < -0.4 is 21.7 Å². The summed E-state index contributed by atoms with van der Waals surface area (Å²) < 4.78 is 5.71. The number of aliphatic hydroxyl groups is 1. The van der Waals surface area contributed by atoms with Crippen LogP contribution in [0.2, 0.25) is 0 Å². The number of nitrogens with one attached hydrogen (secondary N) is 3. The number of carbonyl (C=O) groups is 5. The molecule has 3 fully saturated rings. The Morgan fingerprint density at radius 1 is 1.00 bits per heavy atom. The van der Waals surface area contributed by atoms with Crippen LogP contribution >= 0.6 is 0 Å². The molecule has 47 heavy (non-hydrogen) atoms. The van der Waals surface area contributed by atoms with Gasteiger partial charge in [-0.1, -0.05) is 90.1 Å². The van der Waals surface area contributed by atoms with Crippen molar-refractivity contribution in [2.75, 3.05) is 6.54 Å². The van der Waals surface area contributed by atoms with Gasteiger partial charge in [0.25, 0.3) is 5.91 Å². The fourth-order valence-corrected chi connectivity index (χ4v) is 7.07. The maximum absolute atomic E-state index is 14.2. The molecular formula is C35H53N5O7. The van der Waals surface area contributed by atoms with Crippen LogP contribution in [0.5, 0.6) is 0 Å². The molecule has 1 saturated heterocycles. The number of rotatable bonds is 16. The molecule has 3 aliphatic rings. The van der Waals surface area contributed by atoms with Crippen molar-refractivity contribution >= 4 is 29.5 Å². The molecule has 3 amide bonds. The minimum Gasteiger partial charge on any atom is -0.459 e. The average molecular weight is 656 g/mol. The van der Waals surface area contributed by atoms with Crippen LogP contribution in [0.4, 0.5) is 0 Å². The number of ether oxygens (including phenoxy) is 1. The van der Waals surface area contributed by atoms with Crippen LogP contribution in [0.15, 0.2) is 30.3 Å². The number of nitrogens with zero attached hydrogens (tertiary/aromatic N) is 1. The highest BCUT2D eigenvalue weighted by Gasteiger charge is 2.47. The molecule has 4 rings (SSSR count). The van der Waals surface area contributed by atoms with Crippen molar-refractivity contribution in [1.29, 1.82) is 0 Å². The third kappa shape index (κ3) is 9.39. The Morgan fingerprint density at radius 2 is 1.66 bits per heavy atom. The molecule has 1 heterocycles. The minimum absolute atomic E-state index is 0.0584. The number of nitrogens with two attached hydrogens (primary N) is 1. The van der Waals surface area contributed by atoms with E-state index in [0.29, 0.717) is 32.2 Å². The van der Waals surface area contributed by atoms with E-state index in [0.717, 1.165) is 37.7 Å². The lowest BCUT2D eigenvalue weighted by molar-refractivity contribution is -0.157. The summed E-state index contributed by atoms with van der Waals surface area (Å²) >= 11 is 0. The summed E-state index contributed by atoms with van der Waals surface area (Å²) in [7, 11) is 0. The van der Waals surface area contributed by atoms with Gasteiger partial charge in [0.2, 0.25) is 17.6 Å². The molecular weight excluding hydrogens is 602 g/mol. The lowest BCUT2D eigenvalue weighted by Gasteiger charge is -2.39. The van der Waals surface area contributed by atoms with Crippen molar-refractivity contribution in [3.8, 4) is 0 Å². The summed E-state index contributed by atoms with van der Waals surface area (Å²) in [5.74, 6) is -3.39. The van der Waals surface area contributed by atoms with Gasteiger partial charge in [-0.25, -0.2) is 0 Å². The van der Waals surface area contributed by atoms with Gasteiger partial charge in [0.05, 0.1) is 12.1 Å². The maximum atomic E-state index is 14.2. The molecule has 2 saturated carbocycles. The molecule has 2 aliphatic carbocycles. The Hall–Kier alpha value is -3.35. The number of carbonyl (C=O) groups excluding carboxylic acids is 5. The molecule has 0 bridgehead atoms. The van der Waals surface area contributed by atoms with Gasteiger partial charge in [0.1, 0.15) is 18.2 Å². The number of aliphatic hydroxyl groups excluding tert-OH is 1. The second-order valence-electron chi connectivity index (χ2n) is 14.3. The highest BCUT2D eigenvalue weighted by molar-refractivity contribution is 6.37. The van der Waals surface area contributed by atoms with Crippen molar-refractivity contribution in [3.63, 3.8) is 0 Å². The van der Waals surface area contributed by atoms with Crippen LogP contribution in [-0.4, -0.2) is 76.0 Å². The van der Waals surface area contributed by atoms with E-state index in [1.807, 2.05) is 58.0 Å². The molecule has 12 nitrogen and oxygen atoms in total. The van der Waals surface area contributed by atoms with Crippen molar-refractivity contribution in [3.05, 3.63) is 35.9 Å². The third-order valence-electron chi connectivity index (χ3n) is 9.99. The van der Waals surface area contributed by atoms with E-state index in [4.69, 9.17) is 10.5 Å². The zero-order valence-electron chi connectivity index (χ0n) is 28.2. The molecule has 0 aromatic heterocycles. The van der Waals surface area contributed by atoms with Crippen molar-refractivity contribution < 1.29 is 33.8 Å². The van der Waals surface area contributed by atoms with E-state index >= 15 is 0 Å². The molecule has 2 unspecified atom stereocenters. The van der Waals surface area contributed by atoms with Gasteiger partial charge in [-0.2, -0.15) is 0 Å². The van der Waals surface area contributed by atoms with E-state index in [2.05, 4.69) is 16.0 Å². The van der Waals surface area contributed by atoms with Crippen LogP contribution in [0.3, 0.4) is 0 Å². The van der Waals surface area contributed by atoms with E-state index in [1.54, 1.807) is 0 Å². The molecule has 12 heteroatoms. The molecule has 1 aromatic carbocycles. The molecule has 5 atom stereocenters. The second kappa shape index (κ2) is 16.2. The predicted molar refractivity (Wildman–Crippen MR) is 175 cm³/mol. The Balaban J connectivity index is 1.48. The van der Waals surface area contributed by atoms with Crippen LogP contribution in [-0.2, 0) is 35.3 Å². The third-order valence-corrected chi connectivity index (χ3v) is 9.99. The highest BCUT2D eigenvalue weighted by atomic mass is 16.5. The number of esters is 1. The first-order valence-electron chi connectivity index (χ1n) is 17.2. The first-order valence-corrected chi connectivity index (χ1v) is 17.2. The Bertz CT molecular complexity index is 1260. The minimum atomic E-state index is -1.42. The molecule has 1 aliphatic heterocycles. The van der Waals surface area contributed by atoms with Gasteiger partial charge >= 0.3 is 5.97 Å². The standard InChI is InChI=1S/C35H53N5O7/c1-21(2)25-15-18-40(28(25)31(43)37-26(19-23-13-14-23)29(41)30(36)42)32(44)27(22(3)4)38-34(46)39-35(16-9-6-10-17-35)33(45)47-20-24-11-7-5-8-12-24/h5,7-8,11-12,21-23,25-28,34,38-39,46H,6,9-10,13-20H2,1-4H3,(H2,36,42)(H,37,43)/t25-,26?,27+,28+,34?/m1/s1. The van der Waals surface area contributed by atoms with Gasteiger partial charge in [-0.3, -0.25) is 34.6 Å². The van der Waals surface area contributed by atoms with Gasteiger partial charge in [0, 0.05) is 6.54 Å². The summed E-state index contributed by atoms with van der Waals surface area (Å²) in [5, 5.41) is 20.1. The normalized spacial score (nSPS) is 22.8. The fourth-order valence-electron chi connectivity index (χ4n) is 7.07. The summed E-state index contributed by atoms with van der Waals surface area (Å²) in [6, 6.07) is 6.60. The molecule has 0 radical (unpaired) electrons. The zero-order valence-corrected chi connectivity index (χ0v) is 28.2. The van der Waals surface area contributed by atoms with E-state index in [9.17, 15) is 29.1 Å². The summed E-state index contributed by atoms with van der Waals surface area (Å²) in [4.78, 5) is 67.4. The number of amides is 3. The number of benzene rings is 1. The van der Waals surface area contributed by atoms with Gasteiger partial charge in [-0.05, 0) is 54.9 Å². The van der Waals surface area contributed by atoms with Crippen molar-refractivity contribution in [2.24, 2.45) is 29.4 Å². The van der Waals surface area contributed by atoms with Gasteiger partial charge in [0.15, 0.2) is 6.35 Å². The predicted octanol–water partition coefficient (Wildman–Crippen LogP) is 2.12. The van der Waals surface area contributed by atoms with Crippen LogP contribution in [0, 0.1) is 23.7 Å². The van der Waals surface area contributed by atoms with E-state index < -0.39 is 53.6 Å². The fraction of sp³-hybridized carbons (Fsp3) is 0.686. The quantitative estimate of drug-likeness (QED) is 0.101. The number of hydrogen-bond donors (Lipinski definition) is 5. The Labute approximate surface area is 277 Å². The first-order chi connectivity index (χ1) is 22.3. The second-order valence-corrected chi connectivity index (χ2v) is 14.3. The summed E-state index contributed by atoms with van der Waals surface area (Å²) in [5.41, 5.74) is 5.04. The Kier molecular flexibility index (Phi) is 12.5. The monoisotopic (exact) mass is 655 g/mol. The molecule has 6 N–H and O–H groups in total. The summed E-state index contributed by atoms with van der Waals surface area (Å²) in [6.45, 7) is 8.09. The van der Waals surface area contributed by atoms with Crippen LogP contribution in [0.1, 0.15) is 91.0 Å². The number of ketones is 1. The lowest BCUT2D eigenvalue weighted by atomic mass is 9.81. The van der Waals surface area contributed by atoms with Gasteiger partial charge in [-0.15, -0.1) is 0 Å². The SMILES string of the molecule is CC(C)[C@H](NC(O)NC1(C(=O)OCc2ccccc2)CCCCC1)C(=O)N1CC[C@H](C(C)C)[C@H]1C(=O)NC(CC1CC1)C(=O)C(N)=O. The van der Waals surface area contributed by atoms with E-state index in [-0.39, 0.29) is 36.2 Å². The largest absolute Gasteiger partial charge is 0.459 e. The van der Waals surface area contributed by atoms with Gasteiger partial charge < -0.3 is 25.8 Å². The Morgan fingerprint density at radius 3 is 2.23 bits per heavy atom. The van der Waals surface area contributed by atoms with Crippen molar-refractivity contribution in [2.45, 2.75) is 122 Å². The number of primary amides is 1. The highest BCUT2D eigenvalue weighted by Crippen LogP contribution is 2.35. The zero-order chi connectivity index (χ0) is 34.3. The smallest absolute Gasteiger partial charge is 0.326 e. The maximum Gasteiger partial charge on any atom is 0.326 e. The number of hydrogen-bond acceptors (Lipinski definition) is 9. The van der Waals surface area contributed by atoms with E-state index in [1.165, 1.54) is 4.90 Å². The molecule has 0 spiro atoms. The first kappa shape index (κ1) is 36.5. The van der Waals surface area contributed by atoms with Crippen molar-refractivity contribution in [1.82, 2.24) is 20.9 Å². The number of Topliss-reactive ketones (excluding diaryl/α,β-unsaturated/α-hetero) is 1.